The lowest BCUT2D eigenvalue weighted by atomic mass is 9.99. The Morgan fingerprint density at radius 2 is 2.21 bits per heavy atom. The number of carboxylic acids is 1. The molecule has 0 amide bonds. The van der Waals surface area contributed by atoms with Crippen LogP contribution in [-0.2, 0) is 11.8 Å². The molecule has 7 heteroatoms. The van der Waals surface area contributed by atoms with Crippen molar-refractivity contribution in [3.05, 3.63) is 34.3 Å². The van der Waals surface area contributed by atoms with Gasteiger partial charge in [0, 0.05) is 7.05 Å². The van der Waals surface area contributed by atoms with E-state index in [1.54, 1.807) is 32.3 Å². The van der Waals surface area contributed by atoms with Crippen LogP contribution in [-0.4, -0.2) is 28.7 Å². The molecule has 2 atom stereocenters. The average molecular weight is 265 g/mol. The number of oxazole rings is 1. The third kappa shape index (κ3) is 2.25. The van der Waals surface area contributed by atoms with E-state index in [0.717, 1.165) is 0 Å². The van der Waals surface area contributed by atoms with Gasteiger partial charge in [0.2, 0.25) is 0 Å². The van der Waals surface area contributed by atoms with Crippen molar-refractivity contribution < 1.29 is 14.3 Å². The summed E-state index contributed by atoms with van der Waals surface area (Å²) in [4.78, 5) is 22.4. The Balaban J connectivity index is 2.52. The number of nitrogens with two attached hydrogens (primary N) is 1. The first-order valence-electron chi connectivity index (χ1n) is 5.71. The van der Waals surface area contributed by atoms with Crippen LogP contribution >= 0.6 is 0 Å². The number of nitrogens with zero attached hydrogens (tertiary/aromatic N) is 1. The van der Waals surface area contributed by atoms with Gasteiger partial charge in [-0.3, -0.25) is 9.36 Å². The first-order valence-corrected chi connectivity index (χ1v) is 5.71. The largest absolute Gasteiger partial charge is 0.480 e. The average Bonchev–Trinajstić information content (AvgIpc) is 2.66. The van der Waals surface area contributed by atoms with Crippen molar-refractivity contribution in [2.75, 3.05) is 7.05 Å². The molecule has 0 spiro atoms. The van der Waals surface area contributed by atoms with Gasteiger partial charge in [0.1, 0.15) is 6.04 Å². The van der Waals surface area contributed by atoms with Gasteiger partial charge >= 0.3 is 11.7 Å². The Labute approximate surface area is 108 Å². The Bertz CT molecular complexity index is 673. The molecule has 0 aliphatic heterocycles. The van der Waals surface area contributed by atoms with Crippen LogP contribution in [0.4, 0.5) is 0 Å². The smallest absolute Gasteiger partial charge is 0.419 e. The SMILES string of the molecule is CNC(c1ccc2oc(=O)n(C)c2c1)C(N)C(=O)O. The number of hydrogen-bond donors (Lipinski definition) is 3. The van der Waals surface area contributed by atoms with Gasteiger partial charge in [0.25, 0.3) is 0 Å². The number of carbonyl (C=O) groups is 1. The van der Waals surface area contributed by atoms with Crippen molar-refractivity contribution in [1.29, 1.82) is 0 Å². The minimum Gasteiger partial charge on any atom is -0.480 e. The maximum absolute atomic E-state index is 11.4. The van der Waals surface area contributed by atoms with Gasteiger partial charge in [0.05, 0.1) is 11.6 Å². The number of nitrogens with one attached hydrogen (secondary N) is 1. The van der Waals surface area contributed by atoms with Crippen molar-refractivity contribution >= 4 is 17.1 Å². The van der Waals surface area contributed by atoms with E-state index in [2.05, 4.69) is 5.32 Å². The van der Waals surface area contributed by atoms with E-state index in [9.17, 15) is 9.59 Å². The Morgan fingerprint density at radius 3 is 2.79 bits per heavy atom. The zero-order chi connectivity index (χ0) is 14.2. The molecular weight excluding hydrogens is 250 g/mol. The van der Waals surface area contributed by atoms with Gasteiger partial charge in [-0.1, -0.05) is 6.07 Å². The molecule has 19 heavy (non-hydrogen) atoms. The second-order valence-electron chi connectivity index (χ2n) is 4.28. The molecule has 0 aliphatic carbocycles. The van der Waals surface area contributed by atoms with E-state index < -0.39 is 23.8 Å². The summed E-state index contributed by atoms with van der Waals surface area (Å²) in [5.74, 6) is -1.56. The molecule has 0 saturated heterocycles. The van der Waals surface area contributed by atoms with Crippen LogP contribution < -0.4 is 16.8 Å². The van der Waals surface area contributed by atoms with Crippen molar-refractivity contribution in [3.63, 3.8) is 0 Å². The molecule has 0 saturated carbocycles. The van der Waals surface area contributed by atoms with Crippen LogP contribution in [0, 0.1) is 0 Å². The molecule has 2 aromatic rings. The maximum Gasteiger partial charge on any atom is 0.419 e. The zero-order valence-electron chi connectivity index (χ0n) is 10.6. The molecule has 0 aliphatic rings. The van der Waals surface area contributed by atoms with E-state index in [1.807, 2.05) is 0 Å². The summed E-state index contributed by atoms with van der Waals surface area (Å²) >= 11 is 0. The maximum atomic E-state index is 11.4. The third-order valence-electron chi connectivity index (χ3n) is 3.13. The minimum atomic E-state index is -1.10. The Kier molecular flexibility index (Phi) is 3.41. The molecule has 2 rings (SSSR count). The highest BCUT2D eigenvalue weighted by molar-refractivity contribution is 5.77. The molecule has 0 bridgehead atoms. The predicted octanol–water partition coefficient (Wildman–Crippen LogP) is -0.196. The Hall–Kier alpha value is -2.12. The van der Waals surface area contributed by atoms with Gasteiger partial charge in [-0.25, -0.2) is 4.79 Å². The van der Waals surface area contributed by atoms with Crippen LogP contribution in [0.2, 0.25) is 0 Å². The summed E-state index contributed by atoms with van der Waals surface area (Å²) < 4.78 is 6.37. The second kappa shape index (κ2) is 4.87. The summed E-state index contributed by atoms with van der Waals surface area (Å²) in [5, 5.41) is 11.8. The number of hydrogen-bond acceptors (Lipinski definition) is 5. The zero-order valence-corrected chi connectivity index (χ0v) is 10.6. The van der Waals surface area contributed by atoms with E-state index >= 15 is 0 Å². The third-order valence-corrected chi connectivity index (χ3v) is 3.13. The molecule has 0 radical (unpaired) electrons. The number of fused-ring (bicyclic) bond motifs is 1. The lowest BCUT2D eigenvalue weighted by Gasteiger charge is -2.20. The normalized spacial score (nSPS) is 14.5. The summed E-state index contributed by atoms with van der Waals surface area (Å²) in [6.45, 7) is 0. The number of rotatable bonds is 4. The molecule has 1 aromatic heterocycles. The van der Waals surface area contributed by atoms with E-state index in [0.29, 0.717) is 16.7 Å². The molecule has 7 nitrogen and oxygen atoms in total. The first kappa shape index (κ1) is 13.3. The summed E-state index contributed by atoms with van der Waals surface area (Å²) in [7, 11) is 3.22. The summed E-state index contributed by atoms with van der Waals surface area (Å²) in [6, 6.07) is 3.39. The summed E-state index contributed by atoms with van der Waals surface area (Å²) in [5.41, 5.74) is 7.37. The lowest BCUT2D eigenvalue weighted by Crippen LogP contribution is -2.42. The topological polar surface area (TPSA) is 110 Å². The fraction of sp³-hybridized carbons (Fsp3) is 0.333. The first-order chi connectivity index (χ1) is 8.95. The number of aliphatic carboxylic acids is 1. The highest BCUT2D eigenvalue weighted by Crippen LogP contribution is 2.21. The minimum absolute atomic E-state index is 0.454. The quantitative estimate of drug-likeness (QED) is 0.706. The molecule has 2 unspecified atom stereocenters. The highest BCUT2D eigenvalue weighted by Gasteiger charge is 2.25. The van der Waals surface area contributed by atoms with Crippen molar-refractivity contribution in [2.24, 2.45) is 12.8 Å². The fourth-order valence-corrected chi connectivity index (χ4v) is 2.03. The van der Waals surface area contributed by atoms with Crippen LogP contribution in [0.5, 0.6) is 0 Å². The Morgan fingerprint density at radius 1 is 1.53 bits per heavy atom. The molecule has 0 fully saturated rings. The fourth-order valence-electron chi connectivity index (χ4n) is 2.03. The molecule has 102 valence electrons. The molecule has 4 N–H and O–H groups in total. The van der Waals surface area contributed by atoms with Crippen LogP contribution in [0.15, 0.2) is 27.4 Å². The van der Waals surface area contributed by atoms with Crippen LogP contribution in [0.25, 0.3) is 11.1 Å². The second-order valence-corrected chi connectivity index (χ2v) is 4.28. The van der Waals surface area contributed by atoms with Gasteiger partial charge in [-0.05, 0) is 24.7 Å². The van der Waals surface area contributed by atoms with Gasteiger partial charge in [0.15, 0.2) is 5.58 Å². The monoisotopic (exact) mass is 265 g/mol. The van der Waals surface area contributed by atoms with E-state index in [-0.39, 0.29) is 0 Å². The van der Waals surface area contributed by atoms with Crippen LogP contribution in [0.3, 0.4) is 0 Å². The van der Waals surface area contributed by atoms with Gasteiger partial charge in [-0.15, -0.1) is 0 Å². The van der Waals surface area contributed by atoms with Crippen molar-refractivity contribution in [1.82, 2.24) is 9.88 Å². The molecular formula is C12H15N3O4. The predicted molar refractivity (Wildman–Crippen MR) is 68.9 cm³/mol. The number of aryl methyl sites for hydroxylation is 1. The number of likely N-dealkylation sites (N-methyl/N-ethyl adjacent to an activating group) is 1. The molecule has 1 aromatic carbocycles. The highest BCUT2D eigenvalue weighted by atomic mass is 16.4. The van der Waals surface area contributed by atoms with Gasteiger partial charge < -0.3 is 20.6 Å². The van der Waals surface area contributed by atoms with Crippen molar-refractivity contribution in [2.45, 2.75) is 12.1 Å². The lowest BCUT2D eigenvalue weighted by molar-refractivity contribution is -0.139. The summed E-state index contributed by atoms with van der Waals surface area (Å²) in [6.07, 6.45) is 0. The number of aromatic nitrogens is 1. The molecule has 1 heterocycles. The van der Waals surface area contributed by atoms with Gasteiger partial charge in [-0.2, -0.15) is 0 Å². The number of carboxylic acid groups (broad SMARTS) is 1. The van der Waals surface area contributed by atoms with E-state index in [4.69, 9.17) is 15.3 Å². The van der Waals surface area contributed by atoms with Crippen LogP contribution in [0.1, 0.15) is 11.6 Å². The van der Waals surface area contributed by atoms with E-state index in [1.165, 1.54) is 4.57 Å². The van der Waals surface area contributed by atoms with Crippen molar-refractivity contribution in [3.8, 4) is 0 Å². The number of benzene rings is 1. The standard InChI is InChI=1S/C12H15N3O4/c1-14-10(9(13)11(16)17)6-3-4-8-7(5-6)15(2)12(18)19-8/h3-5,9-10,14H,13H2,1-2H3,(H,16,17).